The van der Waals surface area contributed by atoms with Gasteiger partial charge in [-0.05, 0) is 101 Å². The number of unbranched alkanes of at least 4 members (excludes halogenated alkanes) is 1. The van der Waals surface area contributed by atoms with Gasteiger partial charge in [-0.2, -0.15) is 0 Å². The van der Waals surface area contributed by atoms with Gasteiger partial charge < -0.3 is 75.2 Å². The molecule has 28 nitrogen and oxygen atoms in total. The van der Waals surface area contributed by atoms with E-state index >= 15 is 0 Å². The number of hydrogen-bond acceptors (Lipinski definition) is 19. The summed E-state index contributed by atoms with van der Waals surface area (Å²) < 4.78 is 35.3. The largest absolute Gasteiger partial charge is 0.496 e. The number of urea groups is 1. The molecule has 90 heavy (non-hydrogen) atoms. The number of aliphatic hydroxyl groups is 1. The molecule has 10 atom stereocenters. The van der Waals surface area contributed by atoms with Gasteiger partial charge in [0.25, 0.3) is 17.7 Å². The molecular weight excluding hydrogens is 1200 g/mol. The van der Waals surface area contributed by atoms with E-state index in [1.807, 2.05) is 13.0 Å². The minimum absolute atomic E-state index is 0.0209. The smallest absolute Gasteiger partial charge is 0.409 e. The van der Waals surface area contributed by atoms with Crippen molar-refractivity contribution in [1.29, 1.82) is 0 Å². The van der Waals surface area contributed by atoms with Crippen molar-refractivity contribution in [3.05, 3.63) is 58.1 Å². The zero-order valence-electron chi connectivity index (χ0n) is 52.7. The first-order valence-electron chi connectivity index (χ1n) is 29.8. The Morgan fingerprint density at radius 1 is 0.911 bits per heavy atom. The van der Waals surface area contributed by atoms with Gasteiger partial charge in [-0.1, -0.05) is 44.0 Å². The Bertz CT molecular complexity index is 3070. The Hall–Kier alpha value is -8.08. The Morgan fingerprint density at radius 3 is 2.23 bits per heavy atom. The number of benzene rings is 2. The number of nitrogens with zero attached hydrogens (tertiary/aromatic N) is 3. The SMILES string of the molecule is COc1cc(NC(=O)[C@H](CCCNC(N)=O)NC(=O)[C@@H](NC(=O)CCCCC(=O)ON2C(=O)CCC2=O)C(C)C)ccc1C(=O)N(C)[C@@H](C)C(=O)O[C@H]1CC(=O)N(C)c2cc(cc(OC)c2Cl)C/C(C)=C/CC[C@@H](OC)[C@@]2(O)C[C@H](OC(=O)N2)[C@@H](C)[C@@H]2O[C@@]12C. The molecule has 4 aliphatic heterocycles. The monoisotopic (exact) mass is 1280 g/mol. The van der Waals surface area contributed by atoms with E-state index in [1.54, 1.807) is 39.8 Å². The van der Waals surface area contributed by atoms with Crippen molar-refractivity contribution in [1.82, 2.24) is 31.2 Å². The molecule has 0 unspecified atom stereocenters. The number of carbonyl (C=O) groups excluding carboxylic acids is 11. The third-order valence-corrected chi connectivity index (χ3v) is 17.0. The predicted molar refractivity (Wildman–Crippen MR) is 323 cm³/mol. The molecule has 0 saturated carbocycles. The van der Waals surface area contributed by atoms with Gasteiger partial charge in [0.05, 0.1) is 38.0 Å². The number of methoxy groups -OCH3 is 3. The van der Waals surface area contributed by atoms with Gasteiger partial charge in [0, 0.05) is 77.5 Å². The molecule has 0 spiro atoms. The van der Waals surface area contributed by atoms with Crippen molar-refractivity contribution in [2.24, 2.45) is 17.6 Å². The number of primary amides is 1. The summed E-state index contributed by atoms with van der Waals surface area (Å²) in [5.74, 6) is -7.07. The van der Waals surface area contributed by atoms with E-state index in [1.165, 1.54) is 65.4 Å². The summed E-state index contributed by atoms with van der Waals surface area (Å²) >= 11 is 6.87. The first kappa shape index (κ1) is 71.0. The van der Waals surface area contributed by atoms with Crippen molar-refractivity contribution < 1.29 is 91.1 Å². The second-order valence-corrected chi connectivity index (χ2v) is 23.9. The van der Waals surface area contributed by atoms with Crippen LogP contribution in [0.2, 0.25) is 5.02 Å². The number of alkyl carbamates (subject to hydrolysis) is 1. The summed E-state index contributed by atoms with van der Waals surface area (Å²) in [4.78, 5) is 152. The number of rotatable bonds is 23. The third kappa shape index (κ3) is 17.9. The number of anilines is 2. The molecule has 494 valence electrons. The van der Waals surface area contributed by atoms with Crippen LogP contribution < -0.4 is 46.7 Å². The number of ether oxygens (including phenoxy) is 6. The Morgan fingerprint density at radius 2 is 1.59 bits per heavy atom. The molecule has 0 aliphatic carbocycles. The highest BCUT2D eigenvalue weighted by Crippen LogP contribution is 2.49. The van der Waals surface area contributed by atoms with Gasteiger partial charge in [0.15, 0.2) is 5.72 Å². The summed E-state index contributed by atoms with van der Waals surface area (Å²) in [6, 6.07) is 3.10. The molecule has 3 fully saturated rings. The lowest BCUT2D eigenvalue weighted by atomic mass is 9.83. The molecule has 0 aromatic heterocycles. The van der Waals surface area contributed by atoms with Crippen molar-refractivity contribution >= 4 is 88.4 Å². The van der Waals surface area contributed by atoms with Crippen LogP contribution in [0.5, 0.6) is 11.5 Å². The molecule has 4 aliphatic rings. The van der Waals surface area contributed by atoms with E-state index in [9.17, 15) is 57.8 Å². The van der Waals surface area contributed by atoms with Crippen LogP contribution in [-0.4, -0.2) is 176 Å². The van der Waals surface area contributed by atoms with Crippen LogP contribution in [-0.2, 0) is 68.6 Å². The second-order valence-electron chi connectivity index (χ2n) is 23.6. The molecule has 10 amide bonds. The lowest BCUT2D eigenvalue weighted by Gasteiger charge is -2.43. The van der Waals surface area contributed by atoms with E-state index in [-0.39, 0.29) is 86.4 Å². The average molecular weight is 1280 g/mol. The second kappa shape index (κ2) is 31.1. The number of amides is 10. The maximum absolute atomic E-state index is 14.6. The van der Waals surface area contributed by atoms with Crippen molar-refractivity contribution in [2.45, 2.75) is 179 Å². The van der Waals surface area contributed by atoms with Gasteiger partial charge in [-0.3, -0.25) is 38.9 Å². The normalized spacial score (nSPS) is 24.3. The first-order chi connectivity index (χ1) is 42.4. The van der Waals surface area contributed by atoms with Gasteiger partial charge in [0.1, 0.15) is 58.6 Å². The van der Waals surface area contributed by atoms with Crippen LogP contribution in [0, 0.1) is 11.8 Å². The first-order valence-corrected chi connectivity index (χ1v) is 30.2. The number of esters is 1. The van der Waals surface area contributed by atoms with Crippen molar-refractivity contribution in [3.8, 4) is 11.5 Å². The summed E-state index contributed by atoms with van der Waals surface area (Å²) in [5, 5.41) is 25.6. The van der Waals surface area contributed by atoms with Gasteiger partial charge in [0.2, 0.25) is 23.6 Å². The van der Waals surface area contributed by atoms with E-state index in [0.717, 1.165) is 16.0 Å². The predicted octanol–water partition coefficient (Wildman–Crippen LogP) is 4.24. The lowest BCUT2D eigenvalue weighted by molar-refractivity contribution is -0.197. The quantitative estimate of drug-likeness (QED) is 0.0269. The molecule has 4 bridgehead atoms. The third-order valence-electron chi connectivity index (χ3n) is 16.6. The molecule has 0 radical (unpaired) electrons. The van der Waals surface area contributed by atoms with Crippen LogP contribution in [0.1, 0.15) is 135 Å². The highest BCUT2D eigenvalue weighted by Gasteiger charge is 2.64. The summed E-state index contributed by atoms with van der Waals surface area (Å²) in [6.07, 6.45) is -2.02. The number of allylic oxidation sites excluding steroid dienone is 2. The van der Waals surface area contributed by atoms with E-state index < -0.39 is 138 Å². The zero-order valence-corrected chi connectivity index (χ0v) is 53.4. The number of hydroxylamine groups is 2. The molecular formula is C61H84ClN9O19. The molecule has 29 heteroatoms. The Balaban J connectivity index is 1.17. The molecule has 4 heterocycles. The number of epoxide rings is 1. The number of halogens is 1. The van der Waals surface area contributed by atoms with Crippen LogP contribution >= 0.6 is 11.6 Å². The number of likely N-dealkylation sites (N-methyl/N-ethyl adjacent to an activating group) is 1. The topological polar surface area (TPSA) is 372 Å². The number of fused-ring (bicyclic) bond motifs is 5. The maximum atomic E-state index is 14.6. The maximum Gasteiger partial charge on any atom is 0.409 e. The van der Waals surface area contributed by atoms with Crippen molar-refractivity contribution in [2.75, 3.05) is 52.2 Å². The fourth-order valence-electron chi connectivity index (χ4n) is 11.0. The minimum atomic E-state index is -1.85. The highest BCUT2D eigenvalue weighted by atomic mass is 35.5. The van der Waals surface area contributed by atoms with E-state index in [0.29, 0.717) is 35.8 Å². The molecule has 2 aromatic rings. The van der Waals surface area contributed by atoms with E-state index in [2.05, 4.69) is 26.6 Å². The minimum Gasteiger partial charge on any atom is -0.496 e. The highest BCUT2D eigenvalue weighted by molar-refractivity contribution is 6.35. The Labute approximate surface area is 527 Å². The van der Waals surface area contributed by atoms with Gasteiger partial charge >= 0.3 is 24.1 Å². The zero-order chi connectivity index (χ0) is 66.5. The van der Waals surface area contributed by atoms with E-state index in [4.69, 9.17) is 50.6 Å². The standard InChI is InChI=1S/C61H84ClN9O19/c1-32(2)52(67-46(72)19-12-13-20-50(76)90-71-47(73)23-24-48(71)74)55(78)66-39(17-15-25-64-58(63)81)54(77)65-37-21-22-38(41(29-37)84-9)56(79)69(7)35(5)57(80)88-45-30-49(75)70(8)40-27-36(28-42(85-10)51(40)62)26-33(3)16-14-18-44(86-11)61(83)31-43(87-59(82)68-61)34(4)53-60(45,6)89-53/h16,21-22,27-29,32,34-35,39,43-45,52-53,83H,12-15,17-20,23-26,30-31H2,1-11H3,(H,65,77)(H,66,78)(H,67,72)(H,68,82)(H3,63,64,81)/b33-16+/t34-,35+,39+,43+,44-,45+,52+,53+,60+,61+/m1/s1. The van der Waals surface area contributed by atoms with Gasteiger partial charge in [-0.25, -0.2) is 19.2 Å². The summed E-state index contributed by atoms with van der Waals surface area (Å²) in [5.41, 5.74) is 4.11. The summed E-state index contributed by atoms with van der Waals surface area (Å²) in [7, 11) is 7.05. The fourth-order valence-corrected chi connectivity index (χ4v) is 11.4. The fraction of sp³-hybridized carbons (Fsp3) is 0.590. The Kier molecular flexibility index (Phi) is 24.5. The van der Waals surface area contributed by atoms with Crippen LogP contribution in [0.25, 0.3) is 0 Å². The van der Waals surface area contributed by atoms with Gasteiger partial charge in [-0.15, -0.1) is 5.06 Å². The summed E-state index contributed by atoms with van der Waals surface area (Å²) in [6.45, 7) is 10.2. The van der Waals surface area contributed by atoms with Crippen LogP contribution in [0.3, 0.4) is 0 Å². The number of hydrogen-bond donors (Lipinski definition) is 7. The molecule has 6 rings (SSSR count). The number of nitrogens with one attached hydrogen (secondary N) is 5. The van der Waals surface area contributed by atoms with Crippen LogP contribution in [0.4, 0.5) is 21.0 Å². The van der Waals surface area contributed by atoms with Crippen LogP contribution in [0.15, 0.2) is 42.0 Å². The lowest BCUT2D eigenvalue weighted by Crippen LogP contribution is -2.64. The number of carbonyl (C=O) groups is 11. The van der Waals surface area contributed by atoms with Crippen molar-refractivity contribution in [3.63, 3.8) is 0 Å². The molecule has 8 N–H and O–H groups in total. The molecule has 2 aromatic carbocycles. The average Bonchev–Trinajstić information content (AvgIpc) is 1.59. The molecule has 3 saturated heterocycles. The number of nitrogens with two attached hydrogens (primary N) is 1. The number of imide groups is 1.